The Hall–Kier alpha value is -2.14. The maximum absolute atomic E-state index is 13.2. The summed E-state index contributed by atoms with van der Waals surface area (Å²) >= 11 is 1.25. The van der Waals surface area contributed by atoms with Crippen LogP contribution in [-0.4, -0.2) is 23.2 Å². The van der Waals surface area contributed by atoms with Gasteiger partial charge in [0.25, 0.3) is 0 Å². The highest BCUT2D eigenvalue weighted by Crippen LogP contribution is 2.15. The van der Waals surface area contributed by atoms with E-state index in [1.54, 1.807) is 6.92 Å². The van der Waals surface area contributed by atoms with E-state index in [9.17, 15) is 14.0 Å². The fraction of sp³-hybridized carbons (Fsp3) is 0.263. The molecule has 0 spiro atoms. The molecule has 0 radical (unpaired) electrons. The van der Waals surface area contributed by atoms with Crippen LogP contribution in [0.2, 0.25) is 0 Å². The van der Waals surface area contributed by atoms with Crippen LogP contribution in [0.25, 0.3) is 0 Å². The van der Waals surface area contributed by atoms with Crippen LogP contribution in [0.4, 0.5) is 10.1 Å². The summed E-state index contributed by atoms with van der Waals surface area (Å²) in [6.45, 7) is 5.62. The minimum Gasteiger partial charge on any atom is -0.325 e. The molecule has 0 heterocycles. The number of anilines is 1. The molecule has 126 valence electrons. The van der Waals surface area contributed by atoms with Gasteiger partial charge < -0.3 is 5.32 Å². The molecule has 1 N–H and O–H groups in total. The van der Waals surface area contributed by atoms with Crippen molar-refractivity contribution in [3.63, 3.8) is 0 Å². The summed E-state index contributed by atoms with van der Waals surface area (Å²) in [5.41, 5.74) is 3.95. The number of hydrogen-bond donors (Lipinski definition) is 1. The van der Waals surface area contributed by atoms with Crippen LogP contribution in [0, 0.1) is 26.6 Å². The molecule has 0 atom stereocenters. The van der Waals surface area contributed by atoms with Crippen LogP contribution >= 0.6 is 11.8 Å². The monoisotopic (exact) mass is 345 g/mol. The van der Waals surface area contributed by atoms with Crippen LogP contribution in [-0.2, 0) is 4.79 Å². The van der Waals surface area contributed by atoms with Crippen molar-refractivity contribution in [1.82, 2.24) is 0 Å². The van der Waals surface area contributed by atoms with Gasteiger partial charge in [0.1, 0.15) is 5.82 Å². The summed E-state index contributed by atoms with van der Waals surface area (Å²) in [6, 6.07) is 10.0. The molecule has 1 amide bonds. The van der Waals surface area contributed by atoms with E-state index in [-0.39, 0.29) is 29.0 Å². The number of rotatable bonds is 6. The molecule has 0 saturated heterocycles. The quantitative estimate of drug-likeness (QED) is 0.794. The molecule has 2 aromatic rings. The number of carbonyl (C=O) groups is 2. The normalized spacial score (nSPS) is 10.5. The average molecular weight is 345 g/mol. The highest BCUT2D eigenvalue weighted by atomic mass is 32.2. The lowest BCUT2D eigenvalue weighted by Crippen LogP contribution is -2.15. The number of Topliss-reactive ketones (excluding diaryl/α,β-unsaturated/α-hetero) is 1. The number of aryl methyl sites for hydroxylation is 3. The highest BCUT2D eigenvalue weighted by molar-refractivity contribution is 8.00. The molecule has 0 unspecified atom stereocenters. The summed E-state index contributed by atoms with van der Waals surface area (Å²) < 4.78 is 13.2. The van der Waals surface area contributed by atoms with E-state index in [2.05, 4.69) is 5.32 Å². The van der Waals surface area contributed by atoms with E-state index in [1.165, 1.54) is 35.5 Å². The Morgan fingerprint density at radius 1 is 0.958 bits per heavy atom. The van der Waals surface area contributed by atoms with Crippen LogP contribution < -0.4 is 5.32 Å². The van der Waals surface area contributed by atoms with Crippen LogP contribution in [0.15, 0.2) is 36.4 Å². The SMILES string of the molecule is Cc1ccc(NC(=O)CSCC(=O)c2ccc(F)c(C)c2)cc1C. The predicted octanol–water partition coefficient (Wildman–Crippen LogP) is 4.31. The Kier molecular flexibility index (Phi) is 6.15. The highest BCUT2D eigenvalue weighted by Gasteiger charge is 2.10. The first kappa shape index (κ1) is 18.2. The number of halogens is 1. The number of ketones is 1. The number of amides is 1. The van der Waals surface area contributed by atoms with E-state index >= 15 is 0 Å². The molecule has 0 aliphatic carbocycles. The lowest BCUT2D eigenvalue weighted by atomic mass is 10.1. The van der Waals surface area contributed by atoms with Crippen LogP contribution in [0.1, 0.15) is 27.0 Å². The Labute approximate surface area is 145 Å². The van der Waals surface area contributed by atoms with Crippen molar-refractivity contribution < 1.29 is 14.0 Å². The topological polar surface area (TPSA) is 46.2 Å². The molecule has 24 heavy (non-hydrogen) atoms. The summed E-state index contributed by atoms with van der Waals surface area (Å²) in [7, 11) is 0. The van der Waals surface area contributed by atoms with Crippen molar-refractivity contribution >= 4 is 29.1 Å². The van der Waals surface area contributed by atoms with Crippen LogP contribution in [0.3, 0.4) is 0 Å². The van der Waals surface area contributed by atoms with Gasteiger partial charge in [-0.15, -0.1) is 11.8 Å². The Balaban J connectivity index is 1.82. The van der Waals surface area contributed by atoms with Gasteiger partial charge in [-0.3, -0.25) is 9.59 Å². The molecule has 0 aromatic heterocycles. The molecule has 0 fully saturated rings. The van der Waals surface area contributed by atoms with Gasteiger partial charge in [-0.25, -0.2) is 4.39 Å². The van der Waals surface area contributed by atoms with Gasteiger partial charge >= 0.3 is 0 Å². The average Bonchev–Trinajstić information content (AvgIpc) is 2.53. The predicted molar refractivity (Wildman–Crippen MR) is 97.3 cm³/mol. The summed E-state index contributed by atoms with van der Waals surface area (Å²) in [5, 5.41) is 2.82. The fourth-order valence-electron chi connectivity index (χ4n) is 2.15. The minimum atomic E-state index is -0.327. The second kappa shape index (κ2) is 8.11. The second-order valence-corrected chi connectivity index (χ2v) is 6.71. The van der Waals surface area contributed by atoms with Crippen molar-refractivity contribution in [2.24, 2.45) is 0 Å². The van der Waals surface area contributed by atoms with Crippen molar-refractivity contribution in [3.05, 3.63) is 64.5 Å². The zero-order valence-corrected chi connectivity index (χ0v) is 14.8. The number of benzene rings is 2. The van der Waals surface area contributed by atoms with Gasteiger partial charge in [0.05, 0.1) is 11.5 Å². The van der Waals surface area contributed by atoms with Crippen molar-refractivity contribution in [2.45, 2.75) is 20.8 Å². The number of hydrogen-bond acceptors (Lipinski definition) is 3. The molecule has 3 nitrogen and oxygen atoms in total. The van der Waals surface area contributed by atoms with E-state index in [4.69, 9.17) is 0 Å². The van der Waals surface area contributed by atoms with Crippen molar-refractivity contribution in [1.29, 1.82) is 0 Å². The number of nitrogens with one attached hydrogen (secondary N) is 1. The minimum absolute atomic E-state index is 0.109. The van der Waals surface area contributed by atoms with Crippen LogP contribution in [0.5, 0.6) is 0 Å². The molecule has 0 saturated carbocycles. The Morgan fingerprint density at radius 2 is 1.71 bits per heavy atom. The maximum atomic E-state index is 13.2. The standard InChI is InChI=1S/C19H20FNO2S/c1-12-4-6-16(9-13(12)2)21-19(23)11-24-10-18(22)15-5-7-17(20)14(3)8-15/h4-9H,10-11H2,1-3H3,(H,21,23). The van der Waals surface area contributed by atoms with Crippen molar-refractivity contribution in [3.8, 4) is 0 Å². The summed E-state index contributed by atoms with van der Waals surface area (Å²) in [4.78, 5) is 24.0. The van der Waals surface area contributed by atoms with Gasteiger partial charge in [-0.05, 0) is 67.8 Å². The van der Waals surface area contributed by atoms with E-state index in [0.717, 1.165) is 11.3 Å². The maximum Gasteiger partial charge on any atom is 0.234 e. The van der Waals surface area contributed by atoms with E-state index in [0.29, 0.717) is 11.1 Å². The third-order valence-corrected chi connectivity index (χ3v) is 4.67. The smallest absolute Gasteiger partial charge is 0.234 e. The third-order valence-electron chi connectivity index (χ3n) is 3.74. The van der Waals surface area contributed by atoms with Gasteiger partial charge in [-0.1, -0.05) is 6.07 Å². The zero-order chi connectivity index (χ0) is 17.7. The van der Waals surface area contributed by atoms with Gasteiger partial charge in [0.2, 0.25) is 5.91 Å². The fourth-order valence-corrected chi connectivity index (χ4v) is 2.87. The first-order valence-electron chi connectivity index (χ1n) is 7.61. The zero-order valence-electron chi connectivity index (χ0n) is 14.0. The molecular weight excluding hydrogens is 325 g/mol. The molecule has 2 rings (SSSR count). The van der Waals surface area contributed by atoms with E-state index < -0.39 is 0 Å². The molecule has 0 aliphatic heterocycles. The molecule has 2 aromatic carbocycles. The largest absolute Gasteiger partial charge is 0.325 e. The van der Waals surface area contributed by atoms with Gasteiger partial charge in [0.15, 0.2) is 5.78 Å². The van der Waals surface area contributed by atoms with Gasteiger partial charge in [0, 0.05) is 11.3 Å². The Bertz CT molecular complexity index is 774. The first-order chi connectivity index (χ1) is 11.4. The molecule has 0 bridgehead atoms. The summed E-state index contributed by atoms with van der Waals surface area (Å²) in [6.07, 6.45) is 0. The second-order valence-electron chi connectivity index (χ2n) is 5.73. The third kappa shape index (κ3) is 4.93. The first-order valence-corrected chi connectivity index (χ1v) is 8.76. The lowest BCUT2D eigenvalue weighted by molar-refractivity contribution is -0.113. The summed E-state index contributed by atoms with van der Waals surface area (Å²) in [5.74, 6) is -0.204. The molecule has 0 aliphatic rings. The van der Waals surface area contributed by atoms with Gasteiger partial charge in [-0.2, -0.15) is 0 Å². The number of thioether (sulfide) groups is 1. The lowest BCUT2D eigenvalue weighted by Gasteiger charge is -2.07. The molecular formula is C19H20FNO2S. The van der Waals surface area contributed by atoms with E-state index in [1.807, 2.05) is 32.0 Å². The molecule has 5 heteroatoms. The van der Waals surface area contributed by atoms with Crippen molar-refractivity contribution in [2.75, 3.05) is 16.8 Å². The number of carbonyl (C=O) groups excluding carboxylic acids is 2. The Morgan fingerprint density at radius 3 is 2.38 bits per heavy atom.